The highest BCUT2D eigenvalue weighted by Gasteiger charge is 2.31. The number of ether oxygens (including phenoxy) is 2. The van der Waals surface area contributed by atoms with Crippen LogP contribution in [0.3, 0.4) is 0 Å². The number of nitrogens with one attached hydrogen (secondary N) is 1. The first-order valence-electron chi connectivity index (χ1n) is 12.3. The van der Waals surface area contributed by atoms with Gasteiger partial charge in [0.05, 0.1) is 18.6 Å². The van der Waals surface area contributed by atoms with Crippen LogP contribution in [0.25, 0.3) is 21.6 Å². The van der Waals surface area contributed by atoms with Crippen molar-refractivity contribution in [3.63, 3.8) is 0 Å². The first kappa shape index (κ1) is 23.6. The van der Waals surface area contributed by atoms with Crippen molar-refractivity contribution in [2.45, 2.75) is 46.5 Å². The number of hydrogen-bond donors (Lipinski definition) is 1. The molecule has 4 aromatic rings. The molecule has 35 heavy (non-hydrogen) atoms. The van der Waals surface area contributed by atoms with Gasteiger partial charge in [-0.15, -0.1) is 11.3 Å². The van der Waals surface area contributed by atoms with Gasteiger partial charge in [0, 0.05) is 16.9 Å². The molecular formula is C29H32N2O3S. The summed E-state index contributed by atoms with van der Waals surface area (Å²) in [6, 6.07) is 17.5. The fraction of sp³-hybridized carbons (Fsp3) is 0.379. The van der Waals surface area contributed by atoms with E-state index in [1.54, 1.807) is 11.3 Å². The summed E-state index contributed by atoms with van der Waals surface area (Å²) in [5.41, 5.74) is 2.33. The summed E-state index contributed by atoms with van der Waals surface area (Å²) in [7, 11) is 0. The average Bonchev–Trinajstić information content (AvgIpc) is 3.22. The zero-order chi connectivity index (χ0) is 24.4. The summed E-state index contributed by atoms with van der Waals surface area (Å²) in [6.45, 7) is 8.11. The molecule has 6 heteroatoms. The molecule has 0 fully saturated rings. The number of aryl methyl sites for hydroxylation is 1. The lowest BCUT2D eigenvalue weighted by Crippen LogP contribution is -2.26. The Kier molecular flexibility index (Phi) is 6.65. The van der Waals surface area contributed by atoms with Crippen LogP contribution in [-0.2, 0) is 12.8 Å². The second-order valence-corrected chi connectivity index (χ2v) is 11.4. The molecule has 0 saturated carbocycles. The summed E-state index contributed by atoms with van der Waals surface area (Å²) in [4.78, 5) is 23.1. The first-order valence-corrected chi connectivity index (χ1v) is 13.2. The Labute approximate surface area is 210 Å². The van der Waals surface area contributed by atoms with Crippen molar-refractivity contribution >= 4 is 21.6 Å². The topological polar surface area (TPSA) is 64.2 Å². The minimum absolute atomic E-state index is 0.0320. The molecule has 2 aromatic carbocycles. The molecule has 1 aliphatic carbocycles. The zero-order valence-electron chi connectivity index (χ0n) is 20.6. The number of nitrogens with zero attached hydrogens (tertiary/aromatic N) is 1. The molecule has 1 N–H and O–H groups in total. The Morgan fingerprint density at radius 3 is 2.37 bits per heavy atom. The molecule has 1 atom stereocenters. The van der Waals surface area contributed by atoms with Gasteiger partial charge in [-0.2, -0.15) is 0 Å². The Morgan fingerprint density at radius 1 is 1.00 bits per heavy atom. The zero-order valence-corrected chi connectivity index (χ0v) is 21.4. The van der Waals surface area contributed by atoms with E-state index in [1.807, 2.05) is 54.6 Å². The fourth-order valence-electron chi connectivity index (χ4n) is 4.72. The van der Waals surface area contributed by atoms with E-state index in [2.05, 4.69) is 25.8 Å². The summed E-state index contributed by atoms with van der Waals surface area (Å²) >= 11 is 1.69. The summed E-state index contributed by atoms with van der Waals surface area (Å²) in [5, 5.41) is 0.791. The van der Waals surface area contributed by atoms with E-state index in [-0.39, 0.29) is 11.0 Å². The van der Waals surface area contributed by atoms with Crippen molar-refractivity contribution in [2.24, 2.45) is 11.3 Å². The van der Waals surface area contributed by atoms with Gasteiger partial charge in [0.25, 0.3) is 5.56 Å². The largest absolute Gasteiger partial charge is 0.493 e. The van der Waals surface area contributed by atoms with E-state index in [1.165, 1.54) is 10.4 Å². The third-order valence-electron chi connectivity index (χ3n) is 6.84. The minimum atomic E-state index is -0.0320. The van der Waals surface area contributed by atoms with Gasteiger partial charge in [0.15, 0.2) is 0 Å². The van der Waals surface area contributed by atoms with Crippen molar-refractivity contribution < 1.29 is 9.47 Å². The number of benzene rings is 2. The van der Waals surface area contributed by atoms with E-state index < -0.39 is 0 Å². The lowest BCUT2D eigenvalue weighted by Gasteiger charge is -2.33. The molecular weight excluding hydrogens is 456 g/mol. The molecule has 5 rings (SSSR count). The van der Waals surface area contributed by atoms with Gasteiger partial charge in [-0.05, 0) is 72.6 Å². The molecule has 0 saturated heterocycles. The van der Waals surface area contributed by atoms with Gasteiger partial charge < -0.3 is 14.5 Å². The number of H-pyrrole nitrogens is 1. The van der Waals surface area contributed by atoms with Gasteiger partial charge in [0.2, 0.25) is 0 Å². The summed E-state index contributed by atoms with van der Waals surface area (Å²) < 4.78 is 11.5. The normalized spacial score (nSPS) is 15.7. The van der Waals surface area contributed by atoms with E-state index in [9.17, 15) is 4.79 Å². The third kappa shape index (κ3) is 5.27. The first-order chi connectivity index (χ1) is 16.9. The molecule has 182 valence electrons. The van der Waals surface area contributed by atoms with Crippen LogP contribution in [0.1, 0.15) is 44.1 Å². The van der Waals surface area contributed by atoms with E-state index in [4.69, 9.17) is 14.5 Å². The maximum Gasteiger partial charge on any atom is 0.260 e. The highest BCUT2D eigenvalue weighted by Crippen LogP contribution is 2.42. The van der Waals surface area contributed by atoms with Crippen LogP contribution in [0.5, 0.6) is 11.5 Å². The summed E-state index contributed by atoms with van der Waals surface area (Å²) in [5.74, 6) is 2.91. The number of hydrogen-bond acceptors (Lipinski definition) is 5. The van der Waals surface area contributed by atoms with Crippen LogP contribution >= 0.6 is 11.3 Å². The van der Waals surface area contributed by atoms with Crippen LogP contribution in [0.15, 0.2) is 59.4 Å². The van der Waals surface area contributed by atoms with Gasteiger partial charge in [-0.3, -0.25) is 4.79 Å². The maximum atomic E-state index is 13.0. The van der Waals surface area contributed by atoms with Crippen molar-refractivity contribution in [3.05, 3.63) is 75.4 Å². The predicted molar refractivity (Wildman–Crippen MR) is 143 cm³/mol. The molecule has 0 aliphatic heterocycles. The number of aromatic nitrogens is 2. The van der Waals surface area contributed by atoms with Gasteiger partial charge in [-0.25, -0.2) is 4.98 Å². The smallest absolute Gasteiger partial charge is 0.260 e. The molecule has 5 nitrogen and oxygen atoms in total. The van der Waals surface area contributed by atoms with Crippen LogP contribution in [0, 0.1) is 11.3 Å². The van der Waals surface area contributed by atoms with Crippen LogP contribution in [-0.4, -0.2) is 23.2 Å². The summed E-state index contributed by atoms with van der Waals surface area (Å²) in [6.07, 6.45) is 3.92. The van der Waals surface area contributed by atoms with Crippen molar-refractivity contribution in [3.8, 4) is 22.9 Å². The fourth-order valence-corrected chi connectivity index (χ4v) is 6.02. The van der Waals surface area contributed by atoms with Crippen LogP contribution in [0.4, 0.5) is 0 Å². The van der Waals surface area contributed by atoms with Gasteiger partial charge in [-0.1, -0.05) is 39.0 Å². The lowest BCUT2D eigenvalue weighted by atomic mass is 9.72. The van der Waals surface area contributed by atoms with Gasteiger partial charge >= 0.3 is 0 Å². The Hall–Kier alpha value is -3.12. The molecule has 0 spiro atoms. The van der Waals surface area contributed by atoms with Crippen molar-refractivity contribution in [2.75, 3.05) is 13.2 Å². The van der Waals surface area contributed by atoms with E-state index in [0.717, 1.165) is 53.0 Å². The molecule has 0 radical (unpaired) electrons. The van der Waals surface area contributed by atoms with Crippen LogP contribution < -0.4 is 15.0 Å². The van der Waals surface area contributed by atoms with E-state index >= 15 is 0 Å². The standard InChI is InChI=1S/C29H32N2O3S/c1-29(2,3)20-12-15-23-24(18-20)35-28-25(23)27(32)30-26(31-28)19-10-13-22(14-11-19)34-17-7-16-33-21-8-5-4-6-9-21/h4-6,8-11,13-14,20H,7,12,15-18H2,1-3H3,(H,30,31,32)/t20-/m0/s1. The predicted octanol–water partition coefficient (Wildman–Crippen LogP) is 6.65. The molecule has 0 unspecified atom stereocenters. The minimum Gasteiger partial charge on any atom is -0.493 e. The monoisotopic (exact) mass is 488 g/mol. The molecule has 2 aromatic heterocycles. The van der Waals surface area contributed by atoms with Crippen molar-refractivity contribution in [1.29, 1.82) is 0 Å². The Balaban J connectivity index is 1.24. The highest BCUT2D eigenvalue weighted by molar-refractivity contribution is 7.18. The number of para-hydroxylation sites is 1. The quantitative estimate of drug-likeness (QED) is 0.296. The SMILES string of the molecule is CC(C)(C)[C@H]1CCc2c(sc3nc(-c4ccc(OCCCOc5ccccc5)cc4)[nH]c(=O)c23)C1. The Morgan fingerprint density at radius 2 is 1.69 bits per heavy atom. The second-order valence-electron chi connectivity index (χ2n) is 10.3. The van der Waals surface area contributed by atoms with Gasteiger partial charge in [0.1, 0.15) is 22.2 Å². The van der Waals surface area contributed by atoms with Crippen molar-refractivity contribution in [1.82, 2.24) is 9.97 Å². The number of fused-ring (bicyclic) bond motifs is 3. The maximum absolute atomic E-state index is 13.0. The highest BCUT2D eigenvalue weighted by atomic mass is 32.1. The van der Waals surface area contributed by atoms with E-state index in [0.29, 0.717) is 25.0 Å². The molecule has 0 amide bonds. The number of aromatic amines is 1. The number of rotatable bonds is 7. The molecule has 2 heterocycles. The third-order valence-corrected chi connectivity index (χ3v) is 7.99. The van der Waals surface area contributed by atoms with Crippen LogP contribution in [0.2, 0.25) is 0 Å². The molecule has 1 aliphatic rings. The lowest BCUT2D eigenvalue weighted by molar-refractivity contribution is 0.218. The Bertz CT molecular complexity index is 1350. The second kappa shape index (κ2) is 9.86. The average molecular weight is 489 g/mol. The number of thiophene rings is 1. The molecule has 0 bridgehead atoms.